The van der Waals surface area contributed by atoms with E-state index in [1.807, 2.05) is 61.5 Å². The van der Waals surface area contributed by atoms with Gasteiger partial charge in [0.25, 0.3) is 0 Å². The van der Waals surface area contributed by atoms with Gasteiger partial charge in [-0.1, -0.05) is 48.5 Å². The highest BCUT2D eigenvalue weighted by Crippen LogP contribution is 2.49. The first kappa shape index (κ1) is 16.6. The zero-order chi connectivity index (χ0) is 18.3. The topological polar surface area (TPSA) is 72.6 Å². The van der Waals surface area contributed by atoms with E-state index in [2.05, 4.69) is 0 Å². The summed E-state index contributed by atoms with van der Waals surface area (Å²) in [4.78, 5) is 27.0. The van der Waals surface area contributed by atoms with Crippen LogP contribution in [0.2, 0.25) is 0 Å². The number of para-hydroxylation sites is 1. The van der Waals surface area contributed by atoms with Crippen LogP contribution in [0.3, 0.4) is 0 Å². The molecule has 4 rings (SSSR count). The highest BCUT2D eigenvalue weighted by molar-refractivity contribution is 6.01. The highest BCUT2D eigenvalue weighted by atomic mass is 16.5. The van der Waals surface area contributed by atoms with Gasteiger partial charge in [0.1, 0.15) is 11.7 Å². The first-order valence-corrected chi connectivity index (χ1v) is 8.92. The van der Waals surface area contributed by atoms with Crippen molar-refractivity contribution in [1.82, 2.24) is 4.90 Å². The lowest BCUT2D eigenvalue weighted by molar-refractivity contribution is -0.175. The van der Waals surface area contributed by atoms with Gasteiger partial charge < -0.3 is 15.4 Å². The van der Waals surface area contributed by atoms with Gasteiger partial charge in [-0.15, -0.1) is 0 Å². The van der Waals surface area contributed by atoms with Crippen LogP contribution in [0.15, 0.2) is 54.6 Å². The normalized spacial score (nSPS) is 26.8. The van der Waals surface area contributed by atoms with Crippen LogP contribution < -0.4 is 10.5 Å². The van der Waals surface area contributed by atoms with Crippen LogP contribution in [0.1, 0.15) is 30.4 Å². The summed E-state index contributed by atoms with van der Waals surface area (Å²) in [6.45, 7) is 2.41. The van der Waals surface area contributed by atoms with Gasteiger partial charge in [-0.05, 0) is 30.5 Å². The minimum Gasteiger partial charge on any atom is -0.468 e. The van der Waals surface area contributed by atoms with Crippen molar-refractivity contribution in [2.24, 2.45) is 11.7 Å². The number of amides is 2. The first-order chi connectivity index (χ1) is 12.5. The number of rotatable bonds is 4. The molecule has 26 heavy (non-hydrogen) atoms. The predicted octanol–water partition coefficient (Wildman–Crippen LogP) is 2.46. The van der Waals surface area contributed by atoms with Crippen LogP contribution in [0.25, 0.3) is 0 Å². The molecule has 0 unspecified atom stereocenters. The number of hydrogen-bond donors (Lipinski definition) is 1. The number of carbonyl (C=O) groups is 2. The molecule has 0 aliphatic carbocycles. The van der Waals surface area contributed by atoms with Crippen molar-refractivity contribution in [1.29, 1.82) is 0 Å². The fraction of sp³-hybridized carbons (Fsp3) is 0.333. The lowest BCUT2D eigenvalue weighted by Gasteiger charge is -2.52. The first-order valence-electron chi connectivity index (χ1n) is 8.92. The van der Waals surface area contributed by atoms with Gasteiger partial charge in [0.05, 0.1) is 0 Å². The largest absolute Gasteiger partial charge is 0.468 e. The Morgan fingerprint density at radius 2 is 1.88 bits per heavy atom. The molecular formula is C21H22N2O3. The summed E-state index contributed by atoms with van der Waals surface area (Å²) >= 11 is 0. The van der Waals surface area contributed by atoms with E-state index >= 15 is 0 Å². The monoisotopic (exact) mass is 350 g/mol. The summed E-state index contributed by atoms with van der Waals surface area (Å²) in [5.41, 5.74) is 6.90. The van der Waals surface area contributed by atoms with Crippen molar-refractivity contribution in [3.8, 4) is 5.75 Å². The van der Waals surface area contributed by atoms with Crippen molar-refractivity contribution in [3.63, 3.8) is 0 Å². The second-order valence-electron chi connectivity index (χ2n) is 7.23. The molecule has 0 saturated carbocycles. The van der Waals surface area contributed by atoms with E-state index in [4.69, 9.17) is 10.5 Å². The number of carbonyl (C=O) groups excluding carboxylic acids is 2. The maximum Gasteiger partial charge on any atom is 0.238 e. The molecule has 3 atom stereocenters. The zero-order valence-electron chi connectivity index (χ0n) is 14.7. The maximum absolute atomic E-state index is 13.2. The Labute approximate surface area is 152 Å². The van der Waals surface area contributed by atoms with E-state index in [-0.39, 0.29) is 11.8 Å². The second kappa shape index (κ2) is 6.16. The van der Waals surface area contributed by atoms with Crippen molar-refractivity contribution < 1.29 is 14.3 Å². The molecule has 2 aromatic rings. The lowest BCUT2D eigenvalue weighted by atomic mass is 9.73. The Hall–Kier alpha value is -2.82. The molecule has 2 aliphatic heterocycles. The van der Waals surface area contributed by atoms with Crippen LogP contribution >= 0.6 is 0 Å². The van der Waals surface area contributed by atoms with E-state index < -0.39 is 17.6 Å². The molecule has 2 aliphatic rings. The molecule has 1 fully saturated rings. The van der Waals surface area contributed by atoms with Gasteiger partial charge in [-0.2, -0.15) is 0 Å². The van der Waals surface area contributed by atoms with Gasteiger partial charge in [0, 0.05) is 18.9 Å². The number of primary amides is 1. The van der Waals surface area contributed by atoms with Gasteiger partial charge in [0.2, 0.25) is 11.8 Å². The maximum atomic E-state index is 13.2. The molecule has 0 spiro atoms. The number of piperidine rings is 1. The predicted molar refractivity (Wildman–Crippen MR) is 97.4 cm³/mol. The quantitative estimate of drug-likeness (QED) is 0.861. The molecule has 0 aromatic heterocycles. The molecule has 5 nitrogen and oxygen atoms in total. The van der Waals surface area contributed by atoms with E-state index in [1.165, 1.54) is 0 Å². The van der Waals surface area contributed by atoms with Crippen LogP contribution in [0.4, 0.5) is 0 Å². The zero-order valence-corrected chi connectivity index (χ0v) is 14.7. The van der Waals surface area contributed by atoms with E-state index in [0.29, 0.717) is 19.4 Å². The van der Waals surface area contributed by atoms with E-state index in [0.717, 1.165) is 16.9 Å². The van der Waals surface area contributed by atoms with Crippen molar-refractivity contribution >= 4 is 11.8 Å². The summed E-state index contributed by atoms with van der Waals surface area (Å²) < 4.78 is 6.24. The van der Waals surface area contributed by atoms with Gasteiger partial charge >= 0.3 is 0 Å². The molecule has 2 N–H and O–H groups in total. The lowest BCUT2D eigenvalue weighted by Crippen LogP contribution is -2.64. The molecule has 2 amide bonds. The molecule has 0 radical (unpaired) electrons. The summed E-state index contributed by atoms with van der Waals surface area (Å²) in [6, 6.07) is 17.6. The average molecular weight is 350 g/mol. The number of hydrogen-bond acceptors (Lipinski definition) is 3. The Balaban J connectivity index is 1.69. The van der Waals surface area contributed by atoms with Crippen LogP contribution in [-0.4, -0.2) is 29.0 Å². The smallest absolute Gasteiger partial charge is 0.238 e. The number of likely N-dealkylation sites (tertiary alicyclic amines) is 1. The van der Waals surface area contributed by atoms with Crippen molar-refractivity contribution in [2.75, 3.05) is 6.54 Å². The number of ether oxygens (including phenoxy) is 1. The summed E-state index contributed by atoms with van der Waals surface area (Å²) in [5, 5.41) is 0. The van der Waals surface area contributed by atoms with Crippen LogP contribution in [0.5, 0.6) is 5.75 Å². The van der Waals surface area contributed by atoms with Gasteiger partial charge in [-0.3, -0.25) is 9.59 Å². The Bertz CT molecular complexity index is 851. The average Bonchev–Trinajstić information content (AvgIpc) is 2.61. The SMILES string of the molecule is C[C@@]12C[C@@H](c3ccccc3O1)[C@@H](C(N)=O)C(=O)N2CCc1ccccc1. The van der Waals surface area contributed by atoms with Crippen molar-refractivity contribution in [2.45, 2.75) is 31.4 Å². The van der Waals surface area contributed by atoms with Gasteiger partial charge in [-0.25, -0.2) is 0 Å². The molecule has 5 heteroatoms. The van der Waals surface area contributed by atoms with Crippen LogP contribution in [0, 0.1) is 5.92 Å². The van der Waals surface area contributed by atoms with E-state index in [1.54, 1.807) is 4.90 Å². The van der Waals surface area contributed by atoms with Crippen molar-refractivity contribution in [3.05, 3.63) is 65.7 Å². The number of nitrogens with zero attached hydrogens (tertiary/aromatic N) is 1. The molecule has 134 valence electrons. The molecule has 2 aromatic carbocycles. The Morgan fingerprint density at radius 3 is 2.62 bits per heavy atom. The highest BCUT2D eigenvalue weighted by Gasteiger charge is 2.55. The molecule has 1 saturated heterocycles. The fourth-order valence-electron chi connectivity index (χ4n) is 4.26. The number of fused-ring (bicyclic) bond motifs is 4. The Kier molecular flexibility index (Phi) is 3.94. The second-order valence-corrected chi connectivity index (χ2v) is 7.23. The minimum atomic E-state index is -0.844. The molecule has 2 heterocycles. The van der Waals surface area contributed by atoms with Crippen LogP contribution in [-0.2, 0) is 16.0 Å². The summed E-state index contributed by atoms with van der Waals surface area (Å²) in [5.74, 6) is -1.15. The third-order valence-electron chi connectivity index (χ3n) is 5.53. The third kappa shape index (κ3) is 2.64. The third-order valence-corrected chi connectivity index (χ3v) is 5.53. The number of nitrogens with two attached hydrogens (primary N) is 1. The van der Waals surface area contributed by atoms with Gasteiger partial charge in [0.15, 0.2) is 5.72 Å². The summed E-state index contributed by atoms with van der Waals surface area (Å²) in [7, 11) is 0. The minimum absolute atomic E-state index is 0.233. The Morgan fingerprint density at radius 1 is 1.19 bits per heavy atom. The number of benzene rings is 2. The summed E-state index contributed by atoms with van der Waals surface area (Å²) in [6.07, 6.45) is 1.27. The van der Waals surface area contributed by atoms with E-state index in [9.17, 15) is 9.59 Å². The molecular weight excluding hydrogens is 328 g/mol. The standard InChI is InChI=1S/C21H22N2O3/c1-21-13-16(15-9-5-6-10-17(15)26-21)18(19(22)24)20(25)23(21)12-11-14-7-3-2-4-8-14/h2-10,16,18H,11-13H2,1H3,(H2,22,24)/t16-,18-,21-/m0/s1. The molecule has 2 bridgehead atoms. The fourth-order valence-corrected chi connectivity index (χ4v) is 4.26.